The molecule has 1 aromatic heterocycles. The molecule has 3 aromatic rings. The molecule has 0 unspecified atom stereocenters. The first kappa shape index (κ1) is 14.3. The maximum Gasteiger partial charge on any atom is 0.333 e. The third kappa shape index (κ3) is 2.17. The van der Waals surface area contributed by atoms with Crippen LogP contribution in [-0.4, -0.2) is 22.9 Å². The minimum Gasteiger partial charge on any atom is -0.467 e. The molecule has 0 aliphatic rings. The lowest BCUT2D eigenvalue weighted by molar-refractivity contribution is -0.149. The number of ether oxygens (including phenoxy) is 1. The number of esters is 1. The first-order chi connectivity index (χ1) is 10.6. The molecule has 0 saturated carbocycles. The first-order valence-electron chi connectivity index (χ1n) is 7.18. The smallest absolute Gasteiger partial charge is 0.333 e. The quantitative estimate of drug-likeness (QED) is 0.693. The predicted octanol–water partition coefficient (Wildman–Crippen LogP) is 3.61. The molecule has 0 aliphatic carbocycles. The van der Waals surface area contributed by atoms with Crippen LogP contribution >= 0.6 is 0 Å². The van der Waals surface area contributed by atoms with Gasteiger partial charge in [0.15, 0.2) is 5.54 Å². The zero-order valence-electron chi connectivity index (χ0n) is 12.9. The number of carbonyl (C=O) groups is 1. The van der Waals surface area contributed by atoms with Gasteiger partial charge < -0.3 is 4.74 Å². The van der Waals surface area contributed by atoms with E-state index < -0.39 is 5.54 Å². The highest BCUT2D eigenvalue weighted by Gasteiger charge is 2.34. The highest BCUT2D eigenvalue weighted by atomic mass is 16.5. The summed E-state index contributed by atoms with van der Waals surface area (Å²) in [7, 11) is 1.40. The minimum absolute atomic E-state index is 0.319. The Balaban J connectivity index is 2.28. The Bertz CT molecular complexity index is 819. The van der Waals surface area contributed by atoms with Gasteiger partial charge in [0.25, 0.3) is 0 Å². The fourth-order valence-corrected chi connectivity index (χ4v) is 2.64. The van der Waals surface area contributed by atoms with Crippen LogP contribution < -0.4 is 0 Å². The van der Waals surface area contributed by atoms with Crippen molar-refractivity contribution in [1.29, 1.82) is 0 Å². The Labute approximate surface area is 129 Å². The minimum atomic E-state index is -0.874. The van der Waals surface area contributed by atoms with Crippen molar-refractivity contribution in [2.45, 2.75) is 19.4 Å². The monoisotopic (exact) mass is 294 g/mol. The number of aromatic nitrogens is 2. The number of carbonyl (C=O) groups excluding carboxylic acids is 1. The van der Waals surface area contributed by atoms with E-state index in [2.05, 4.69) is 0 Å². The standard InChI is InChI=1S/C18H18N2O2/c1-18(2,17(21)22-3)20-15-12-8-7-11-14(15)16(19-20)13-9-5-4-6-10-13/h4-12H,1-3H3. The van der Waals surface area contributed by atoms with Crippen molar-refractivity contribution in [1.82, 2.24) is 9.78 Å². The summed E-state index contributed by atoms with van der Waals surface area (Å²) in [5, 5.41) is 5.74. The molecule has 112 valence electrons. The molecule has 0 bridgehead atoms. The van der Waals surface area contributed by atoms with Crippen LogP contribution in [0.3, 0.4) is 0 Å². The van der Waals surface area contributed by atoms with Gasteiger partial charge in [-0.25, -0.2) is 9.48 Å². The Morgan fingerprint density at radius 3 is 2.36 bits per heavy atom. The molecular formula is C18H18N2O2. The number of rotatable bonds is 3. The van der Waals surface area contributed by atoms with Gasteiger partial charge in [0.05, 0.1) is 12.6 Å². The fourth-order valence-electron chi connectivity index (χ4n) is 2.64. The van der Waals surface area contributed by atoms with Crippen LogP contribution in [0.4, 0.5) is 0 Å². The third-order valence-corrected chi connectivity index (χ3v) is 3.85. The first-order valence-corrected chi connectivity index (χ1v) is 7.18. The van der Waals surface area contributed by atoms with Gasteiger partial charge in [-0.05, 0) is 19.9 Å². The van der Waals surface area contributed by atoms with Crippen LogP contribution in [0.15, 0.2) is 54.6 Å². The predicted molar refractivity (Wildman–Crippen MR) is 86.5 cm³/mol. The largest absolute Gasteiger partial charge is 0.467 e. The van der Waals surface area contributed by atoms with Crippen LogP contribution in [-0.2, 0) is 15.1 Å². The molecular weight excluding hydrogens is 276 g/mol. The van der Waals surface area contributed by atoms with E-state index in [-0.39, 0.29) is 5.97 Å². The summed E-state index contributed by atoms with van der Waals surface area (Å²) in [5.74, 6) is -0.319. The zero-order chi connectivity index (χ0) is 15.7. The summed E-state index contributed by atoms with van der Waals surface area (Å²) in [6.07, 6.45) is 0. The summed E-state index contributed by atoms with van der Waals surface area (Å²) in [4.78, 5) is 12.1. The number of benzene rings is 2. The van der Waals surface area contributed by atoms with Crippen LogP contribution in [0.1, 0.15) is 13.8 Å². The van der Waals surface area contributed by atoms with Crippen LogP contribution in [0.2, 0.25) is 0 Å². The molecule has 0 radical (unpaired) electrons. The van der Waals surface area contributed by atoms with Crippen LogP contribution in [0, 0.1) is 0 Å². The Kier molecular flexibility index (Phi) is 3.45. The average molecular weight is 294 g/mol. The number of hydrogen-bond donors (Lipinski definition) is 0. The number of para-hydroxylation sites is 1. The van der Waals surface area contributed by atoms with Crippen LogP contribution in [0.25, 0.3) is 22.2 Å². The van der Waals surface area contributed by atoms with Crippen LogP contribution in [0.5, 0.6) is 0 Å². The van der Waals surface area contributed by atoms with Gasteiger partial charge in [-0.2, -0.15) is 5.10 Å². The molecule has 1 heterocycles. The lowest BCUT2D eigenvalue weighted by atomic mass is 10.1. The third-order valence-electron chi connectivity index (χ3n) is 3.85. The lowest BCUT2D eigenvalue weighted by Crippen LogP contribution is -2.37. The van der Waals surface area contributed by atoms with Gasteiger partial charge in [0, 0.05) is 10.9 Å². The number of methoxy groups -OCH3 is 1. The van der Waals surface area contributed by atoms with E-state index in [1.54, 1.807) is 4.68 Å². The van der Waals surface area contributed by atoms with E-state index in [0.717, 1.165) is 22.2 Å². The van der Waals surface area contributed by atoms with Crippen molar-refractivity contribution in [3.05, 3.63) is 54.6 Å². The molecule has 4 heteroatoms. The van der Waals surface area contributed by atoms with Gasteiger partial charge in [0.1, 0.15) is 5.69 Å². The van der Waals surface area contributed by atoms with Gasteiger partial charge >= 0.3 is 5.97 Å². The van der Waals surface area contributed by atoms with E-state index in [1.165, 1.54) is 7.11 Å². The molecule has 0 saturated heterocycles. The fraction of sp³-hybridized carbons (Fsp3) is 0.222. The van der Waals surface area contributed by atoms with Gasteiger partial charge in [0.2, 0.25) is 0 Å². The molecule has 2 aromatic carbocycles. The van der Waals surface area contributed by atoms with E-state index >= 15 is 0 Å². The molecule has 0 spiro atoms. The Morgan fingerprint density at radius 2 is 1.68 bits per heavy atom. The van der Waals surface area contributed by atoms with Crippen molar-refractivity contribution in [3.63, 3.8) is 0 Å². The summed E-state index contributed by atoms with van der Waals surface area (Å²) in [6, 6.07) is 17.9. The SMILES string of the molecule is COC(=O)C(C)(C)n1nc(-c2ccccc2)c2ccccc21. The summed E-state index contributed by atoms with van der Waals surface area (Å²) < 4.78 is 6.68. The highest BCUT2D eigenvalue weighted by Crippen LogP contribution is 2.31. The zero-order valence-corrected chi connectivity index (χ0v) is 12.9. The van der Waals surface area contributed by atoms with E-state index in [1.807, 2.05) is 68.4 Å². The molecule has 0 N–H and O–H groups in total. The molecule has 0 aliphatic heterocycles. The summed E-state index contributed by atoms with van der Waals surface area (Å²) in [6.45, 7) is 3.63. The molecule has 3 rings (SSSR count). The number of nitrogens with zero attached hydrogens (tertiary/aromatic N) is 2. The lowest BCUT2D eigenvalue weighted by Gasteiger charge is -2.23. The topological polar surface area (TPSA) is 44.1 Å². The van der Waals surface area contributed by atoms with Gasteiger partial charge in [-0.3, -0.25) is 0 Å². The summed E-state index contributed by atoms with van der Waals surface area (Å²) in [5.41, 5.74) is 1.93. The average Bonchev–Trinajstić information content (AvgIpc) is 2.95. The normalized spacial score (nSPS) is 11.6. The second kappa shape index (κ2) is 5.30. The van der Waals surface area contributed by atoms with Crippen molar-refractivity contribution in [2.24, 2.45) is 0 Å². The van der Waals surface area contributed by atoms with Crippen molar-refractivity contribution < 1.29 is 9.53 Å². The van der Waals surface area contributed by atoms with Gasteiger partial charge in [-0.15, -0.1) is 0 Å². The van der Waals surface area contributed by atoms with E-state index in [9.17, 15) is 4.79 Å². The van der Waals surface area contributed by atoms with Crippen molar-refractivity contribution in [3.8, 4) is 11.3 Å². The number of hydrogen-bond acceptors (Lipinski definition) is 3. The molecule has 0 atom stereocenters. The molecule has 22 heavy (non-hydrogen) atoms. The number of fused-ring (bicyclic) bond motifs is 1. The second-order valence-corrected chi connectivity index (χ2v) is 5.69. The molecule has 4 nitrogen and oxygen atoms in total. The second-order valence-electron chi connectivity index (χ2n) is 5.69. The Morgan fingerprint density at radius 1 is 1.05 bits per heavy atom. The Hall–Kier alpha value is -2.62. The molecule has 0 fully saturated rings. The van der Waals surface area contributed by atoms with E-state index in [4.69, 9.17) is 9.84 Å². The van der Waals surface area contributed by atoms with Gasteiger partial charge in [-0.1, -0.05) is 48.5 Å². The maximum atomic E-state index is 12.1. The molecule has 0 amide bonds. The van der Waals surface area contributed by atoms with Crippen molar-refractivity contribution in [2.75, 3.05) is 7.11 Å². The highest BCUT2D eigenvalue weighted by molar-refractivity contribution is 5.94. The summed E-state index contributed by atoms with van der Waals surface area (Å²) >= 11 is 0. The maximum absolute atomic E-state index is 12.1. The van der Waals surface area contributed by atoms with E-state index in [0.29, 0.717) is 0 Å². The van der Waals surface area contributed by atoms with Crippen molar-refractivity contribution >= 4 is 16.9 Å².